The maximum absolute atomic E-state index is 12.6. The highest BCUT2D eigenvalue weighted by Crippen LogP contribution is 2.19. The minimum absolute atomic E-state index is 0.00364. The number of carboxylic acids is 1. The average molecular weight is 595 g/mol. The van der Waals surface area contributed by atoms with E-state index in [4.69, 9.17) is 9.84 Å². The van der Waals surface area contributed by atoms with Gasteiger partial charge in [0.05, 0.1) is 0 Å². The number of carboxylic acid groups (broad SMARTS) is 1. The molecular formula is C38H74O4. The first-order valence-electron chi connectivity index (χ1n) is 19.0. The molecule has 1 N–H and O–H groups in total. The van der Waals surface area contributed by atoms with E-state index in [1.165, 1.54) is 135 Å². The van der Waals surface area contributed by atoms with Gasteiger partial charge in [0.25, 0.3) is 0 Å². The molecule has 0 spiro atoms. The molecule has 4 heteroatoms. The van der Waals surface area contributed by atoms with Gasteiger partial charge in [-0.3, -0.25) is 9.59 Å². The Hall–Kier alpha value is -1.06. The molecule has 4 nitrogen and oxygen atoms in total. The van der Waals surface area contributed by atoms with Crippen LogP contribution in [-0.4, -0.2) is 23.1 Å². The van der Waals surface area contributed by atoms with Crippen LogP contribution in [0.15, 0.2) is 0 Å². The summed E-state index contributed by atoms with van der Waals surface area (Å²) >= 11 is 0. The molecule has 1 atom stereocenters. The Kier molecular flexibility index (Phi) is 33.6. The van der Waals surface area contributed by atoms with Crippen molar-refractivity contribution in [1.82, 2.24) is 0 Å². The highest BCUT2D eigenvalue weighted by atomic mass is 16.5. The summed E-state index contributed by atoms with van der Waals surface area (Å²) in [4.78, 5) is 23.2. The second kappa shape index (κ2) is 34.4. The molecule has 0 aromatic carbocycles. The number of aliphatic carboxylic acids is 1. The summed E-state index contributed by atoms with van der Waals surface area (Å²) in [5.41, 5.74) is 0. The predicted octanol–water partition coefficient (Wildman–Crippen LogP) is 12.9. The molecule has 0 saturated heterocycles. The molecule has 0 radical (unpaired) electrons. The van der Waals surface area contributed by atoms with E-state index in [9.17, 15) is 9.59 Å². The van der Waals surface area contributed by atoms with Gasteiger partial charge in [-0.05, 0) is 38.5 Å². The molecule has 250 valence electrons. The molecule has 0 rings (SSSR count). The van der Waals surface area contributed by atoms with Gasteiger partial charge in [0.2, 0.25) is 0 Å². The van der Waals surface area contributed by atoms with E-state index in [1.54, 1.807) is 0 Å². The molecule has 0 fully saturated rings. The van der Waals surface area contributed by atoms with Crippen LogP contribution in [0.2, 0.25) is 0 Å². The molecular weight excluding hydrogens is 520 g/mol. The molecule has 0 aromatic heterocycles. The molecule has 0 heterocycles. The zero-order valence-electron chi connectivity index (χ0n) is 28.6. The lowest BCUT2D eigenvalue weighted by atomic mass is 10.0. The van der Waals surface area contributed by atoms with Crippen LogP contribution < -0.4 is 0 Å². The van der Waals surface area contributed by atoms with Crippen molar-refractivity contribution in [3.8, 4) is 0 Å². The molecule has 0 aliphatic heterocycles. The Morgan fingerprint density at radius 2 is 0.714 bits per heavy atom. The summed E-state index contributed by atoms with van der Waals surface area (Å²) in [6.45, 7) is 4.54. The number of carbonyl (C=O) groups excluding carboxylic acids is 1. The van der Waals surface area contributed by atoms with E-state index in [2.05, 4.69) is 13.8 Å². The first-order valence-corrected chi connectivity index (χ1v) is 19.0. The van der Waals surface area contributed by atoms with Gasteiger partial charge in [0.1, 0.15) is 6.10 Å². The first-order chi connectivity index (χ1) is 20.6. The molecule has 0 aromatic rings. The molecule has 1 unspecified atom stereocenters. The van der Waals surface area contributed by atoms with Crippen LogP contribution in [0.4, 0.5) is 0 Å². The molecule has 0 aliphatic rings. The molecule has 0 aliphatic carbocycles. The summed E-state index contributed by atoms with van der Waals surface area (Å²) < 4.78 is 5.98. The van der Waals surface area contributed by atoms with Gasteiger partial charge in [0.15, 0.2) is 0 Å². The van der Waals surface area contributed by atoms with Crippen molar-refractivity contribution in [2.75, 3.05) is 0 Å². The van der Waals surface area contributed by atoms with Gasteiger partial charge in [-0.1, -0.05) is 174 Å². The predicted molar refractivity (Wildman–Crippen MR) is 181 cm³/mol. The fourth-order valence-corrected chi connectivity index (χ4v) is 6.01. The second-order valence-electron chi connectivity index (χ2n) is 13.1. The molecule has 42 heavy (non-hydrogen) atoms. The Morgan fingerprint density at radius 3 is 1.05 bits per heavy atom. The maximum Gasteiger partial charge on any atom is 0.306 e. The topological polar surface area (TPSA) is 63.6 Å². The smallest absolute Gasteiger partial charge is 0.306 e. The summed E-state index contributed by atoms with van der Waals surface area (Å²) in [6, 6.07) is 0. The highest BCUT2D eigenvalue weighted by molar-refractivity contribution is 5.69. The third-order valence-electron chi connectivity index (χ3n) is 8.83. The lowest BCUT2D eigenvalue weighted by Crippen LogP contribution is -2.18. The van der Waals surface area contributed by atoms with E-state index in [-0.39, 0.29) is 18.5 Å². The average Bonchev–Trinajstić information content (AvgIpc) is 2.97. The third kappa shape index (κ3) is 33.4. The van der Waals surface area contributed by atoms with Crippen LogP contribution in [0, 0.1) is 0 Å². The highest BCUT2D eigenvalue weighted by Gasteiger charge is 2.14. The number of unbranched alkanes of at least 4 members (excludes halogenated alkanes) is 26. The van der Waals surface area contributed by atoms with Gasteiger partial charge < -0.3 is 9.84 Å². The van der Waals surface area contributed by atoms with Gasteiger partial charge in [-0.25, -0.2) is 0 Å². The lowest BCUT2D eigenvalue weighted by molar-refractivity contribution is -0.150. The number of hydrogen-bond donors (Lipinski definition) is 1. The summed E-state index contributed by atoms with van der Waals surface area (Å²) in [5.74, 6) is -0.693. The standard InChI is InChI=1S/C38H74O4/c1-3-5-7-9-11-13-14-15-16-17-18-19-20-21-24-28-32-36(33-29-25-23-26-30-34-37(39)40)42-38(41)35-31-27-22-12-10-8-6-4-2/h36H,3-35H2,1-2H3,(H,39,40). The van der Waals surface area contributed by atoms with Crippen molar-refractivity contribution >= 4 is 11.9 Å². The van der Waals surface area contributed by atoms with Crippen molar-refractivity contribution in [2.45, 2.75) is 232 Å². The van der Waals surface area contributed by atoms with Gasteiger partial charge in [-0.15, -0.1) is 0 Å². The SMILES string of the molecule is CCCCCCCCCCCCCCCCCCC(CCCCCCCC(=O)O)OC(=O)CCCCCCCCCC. The van der Waals surface area contributed by atoms with Crippen LogP contribution in [0.5, 0.6) is 0 Å². The second-order valence-corrected chi connectivity index (χ2v) is 13.1. The zero-order valence-corrected chi connectivity index (χ0v) is 28.6. The van der Waals surface area contributed by atoms with Crippen LogP contribution in [-0.2, 0) is 14.3 Å². The normalized spacial score (nSPS) is 12.0. The fraction of sp³-hybridized carbons (Fsp3) is 0.947. The number of carbonyl (C=O) groups is 2. The number of esters is 1. The Balaban J connectivity index is 3.96. The summed E-state index contributed by atoms with van der Waals surface area (Å²) in [5, 5.41) is 8.80. The number of ether oxygens (including phenoxy) is 1. The molecule has 0 amide bonds. The van der Waals surface area contributed by atoms with Gasteiger partial charge >= 0.3 is 11.9 Å². The molecule has 0 saturated carbocycles. The zero-order chi connectivity index (χ0) is 30.8. The number of rotatable bonds is 35. The van der Waals surface area contributed by atoms with E-state index >= 15 is 0 Å². The van der Waals surface area contributed by atoms with E-state index < -0.39 is 5.97 Å². The summed E-state index contributed by atoms with van der Waals surface area (Å²) in [7, 11) is 0. The van der Waals surface area contributed by atoms with Crippen LogP contribution >= 0.6 is 0 Å². The van der Waals surface area contributed by atoms with Crippen molar-refractivity contribution in [3.63, 3.8) is 0 Å². The Bertz CT molecular complexity index is 561. The first kappa shape index (κ1) is 40.9. The number of hydrogen-bond acceptors (Lipinski definition) is 3. The Morgan fingerprint density at radius 1 is 0.429 bits per heavy atom. The maximum atomic E-state index is 12.6. The van der Waals surface area contributed by atoms with Crippen molar-refractivity contribution < 1.29 is 19.4 Å². The summed E-state index contributed by atoms with van der Waals surface area (Å²) in [6.07, 6.45) is 39.8. The van der Waals surface area contributed by atoms with Crippen LogP contribution in [0.1, 0.15) is 226 Å². The monoisotopic (exact) mass is 595 g/mol. The van der Waals surface area contributed by atoms with Crippen LogP contribution in [0.25, 0.3) is 0 Å². The van der Waals surface area contributed by atoms with Crippen molar-refractivity contribution in [2.24, 2.45) is 0 Å². The van der Waals surface area contributed by atoms with E-state index in [0.29, 0.717) is 6.42 Å². The Labute approximate surface area is 262 Å². The van der Waals surface area contributed by atoms with E-state index in [0.717, 1.165) is 64.2 Å². The van der Waals surface area contributed by atoms with E-state index in [1.807, 2.05) is 0 Å². The third-order valence-corrected chi connectivity index (χ3v) is 8.83. The van der Waals surface area contributed by atoms with Crippen molar-refractivity contribution in [3.05, 3.63) is 0 Å². The van der Waals surface area contributed by atoms with Crippen LogP contribution in [0.3, 0.4) is 0 Å². The van der Waals surface area contributed by atoms with Gasteiger partial charge in [-0.2, -0.15) is 0 Å². The molecule has 0 bridgehead atoms. The van der Waals surface area contributed by atoms with Gasteiger partial charge in [0, 0.05) is 12.8 Å². The quantitative estimate of drug-likeness (QED) is 0.0585. The lowest BCUT2D eigenvalue weighted by Gasteiger charge is -2.18. The minimum atomic E-state index is -0.697. The fourth-order valence-electron chi connectivity index (χ4n) is 6.01. The minimum Gasteiger partial charge on any atom is -0.481 e. The largest absolute Gasteiger partial charge is 0.481 e. The van der Waals surface area contributed by atoms with Crippen molar-refractivity contribution in [1.29, 1.82) is 0 Å².